The average molecular weight is 246 g/mol. The standard InChI is InChI=1S/C13H26O4/c1-3-7-15-9-11-17-12-10-16-8-5-4-6-13(2)14/h3-12H2,1-2H3. The predicted octanol–water partition coefficient (Wildman–Crippen LogP) is 2.21. The van der Waals surface area contributed by atoms with Gasteiger partial charge in [0.25, 0.3) is 0 Å². The minimum Gasteiger partial charge on any atom is -0.379 e. The summed E-state index contributed by atoms with van der Waals surface area (Å²) >= 11 is 0. The number of hydrogen-bond acceptors (Lipinski definition) is 4. The number of unbranched alkanes of at least 4 members (excludes halogenated alkanes) is 1. The molecule has 0 saturated heterocycles. The molecule has 0 N–H and O–H groups in total. The molecule has 4 heteroatoms. The van der Waals surface area contributed by atoms with E-state index >= 15 is 0 Å². The minimum atomic E-state index is 0.250. The van der Waals surface area contributed by atoms with Crippen LogP contribution in [0, 0.1) is 0 Å². The lowest BCUT2D eigenvalue weighted by atomic mass is 10.2. The Morgan fingerprint density at radius 3 is 1.88 bits per heavy atom. The molecular formula is C13H26O4. The van der Waals surface area contributed by atoms with E-state index in [9.17, 15) is 4.79 Å². The zero-order chi connectivity index (χ0) is 12.8. The van der Waals surface area contributed by atoms with Crippen molar-refractivity contribution in [3.63, 3.8) is 0 Å². The van der Waals surface area contributed by atoms with Gasteiger partial charge in [0.1, 0.15) is 5.78 Å². The Morgan fingerprint density at radius 1 is 0.824 bits per heavy atom. The van der Waals surface area contributed by atoms with Gasteiger partial charge in [-0.05, 0) is 26.2 Å². The van der Waals surface area contributed by atoms with Crippen LogP contribution in [0.4, 0.5) is 0 Å². The smallest absolute Gasteiger partial charge is 0.129 e. The van der Waals surface area contributed by atoms with E-state index in [1.165, 1.54) is 0 Å². The summed E-state index contributed by atoms with van der Waals surface area (Å²) in [5, 5.41) is 0. The van der Waals surface area contributed by atoms with E-state index in [4.69, 9.17) is 14.2 Å². The van der Waals surface area contributed by atoms with E-state index in [-0.39, 0.29) is 5.78 Å². The van der Waals surface area contributed by atoms with Gasteiger partial charge in [-0.1, -0.05) is 6.92 Å². The summed E-state index contributed by atoms with van der Waals surface area (Å²) in [7, 11) is 0. The SMILES string of the molecule is CCCOCCOCCOCCCCC(C)=O. The number of carbonyl (C=O) groups excluding carboxylic acids is 1. The quantitative estimate of drug-likeness (QED) is 0.467. The monoisotopic (exact) mass is 246 g/mol. The van der Waals surface area contributed by atoms with Gasteiger partial charge in [-0.3, -0.25) is 0 Å². The number of rotatable bonds is 13. The largest absolute Gasteiger partial charge is 0.379 e. The maximum atomic E-state index is 10.7. The van der Waals surface area contributed by atoms with Gasteiger partial charge in [0, 0.05) is 19.6 Å². The highest BCUT2D eigenvalue weighted by atomic mass is 16.5. The van der Waals surface area contributed by atoms with Crippen LogP contribution in [0.15, 0.2) is 0 Å². The van der Waals surface area contributed by atoms with E-state index in [0.717, 1.165) is 25.9 Å². The maximum Gasteiger partial charge on any atom is 0.129 e. The predicted molar refractivity (Wildman–Crippen MR) is 67.3 cm³/mol. The van der Waals surface area contributed by atoms with E-state index in [1.807, 2.05) is 0 Å². The third kappa shape index (κ3) is 15.5. The van der Waals surface area contributed by atoms with Gasteiger partial charge in [-0.25, -0.2) is 0 Å². The van der Waals surface area contributed by atoms with Gasteiger partial charge in [-0.2, -0.15) is 0 Å². The first-order valence-electron chi connectivity index (χ1n) is 6.50. The molecule has 0 bridgehead atoms. The molecule has 0 rings (SSSR count). The van der Waals surface area contributed by atoms with Crippen LogP contribution in [0.3, 0.4) is 0 Å². The average Bonchev–Trinajstić information content (AvgIpc) is 2.30. The van der Waals surface area contributed by atoms with E-state index < -0.39 is 0 Å². The molecule has 0 aromatic rings. The summed E-state index contributed by atoms with van der Waals surface area (Å²) in [4.78, 5) is 10.7. The lowest BCUT2D eigenvalue weighted by Crippen LogP contribution is -2.10. The van der Waals surface area contributed by atoms with Gasteiger partial charge in [0.2, 0.25) is 0 Å². The summed E-state index contributed by atoms with van der Waals surface area (Å²) in [5.74, 6) is 0.250. The van der Waals surface area contributed by atoms with Crippen molar-refractivity contribution in [1.82, 2.24) is 0 Å². The Hall–Kier alpha value is -0.450. The van der Waals surface area contributed by atoms with Crippen molar-refractivity contribution in [2.75, 3.05) is 39.6 Å². The highest BCUT2D eigenvalue weighted by Crippen LogP contribution is 1.96. The number of hydrogen-bond donors (Lipinski definition) is 0. The van der Waals surface area contributed by atoms with Crippen LogP contribution in [-0.2, 0) is 19.0 Å². The van der Waals surface area contributed by atoms with Crippen molar-refractivity contribution < 1.29 is 19.0 Å². The number of carbonyl (C=O) groups is 1. The summed E-state index contributed by atoms with van der Waals surface area (Å²) in [6.07, 6.45) is 3.57. The molecule has 0 amide bonds. The van der Waals surface area contributed by atoms with E-state index in [1.54, 1.807) is 6.92 Å². The molecule has 0 aromatic carbocycles. The molecule has 0 unspecified atom stereocenters. The van der Waals surface area contributed by atoms with Crippen LogP contribution in [-0.4, -0.2) is 45.4 Å². The molecule has 17 heavy (non-hydrogen) atoms. The first-order chi connectivity index (χ1) is 8.27. The topological polar surface area (TPSA) is 44.8 Å². The number of ketones is 1. The first kappa shape index (κ1) is 16.6. The molecule has 102 valence electrons. The molecule has 0 saturated carbocycles. The van der Waals surface area contributed by atoms with Crippen LogP contribution < -0.4 is 0 Å². The third-order valence-electron chi connectivity index (χ3n) is 2.16. The number of ether oxygens (including phenoxy) is 3. The van der Waals surface area contributed by atoms with Crippen LogP contribution in [0.5, 0.6) is 0 Å². The van der Waals surface area contributed by atoms with Gasteiger partial charge >= 0.3 is 0 Å². The third-order valence-corrected chi connectivity index (χ3v) is 2.16. The van der Waals surface area contributed by atoms with Crippen molar-refractivity contribution in [2.45, 2.75) is 39.5 Å². The molecule has 0 radical (unpaired) electrons. The summed E-state index contributed by atoms with van der Waals surface area (Å²) in [6, 6.07) is 0. The highest BCUT2D eigenvalue weighted by Gasteiger charge is 1.94. The second-order valence-corrected chi connectivity index (χ2v) is 4.00. The van der Waals surface area contributed by atoms with Gasteiger partial charge in [-0.15, -0.1) is 0 Å². The fourth-order valence-corrected chi connectivity index (χ4v) is 1.26. The summed E-state index contributed by atoms with van der Waals surface area (Å²) < 4.78 is 16.0. The Balaban J connectivity index is 2.91. The maximum absolute atomic E-state index is 10.7. The normalized spacial score (nSPS) is 10.7. The Bertz CT molecular complexity index is 171. The van der Waals surface area contributed by atoms with Crippen LogP contribution in [0.1, 0.15) is 39.5 Å². The highest BCUT2D eigenvalue weighted by molar-refractivity contribution is 5.75. The fourth-order valence-electron chi connectivity index (χ4n) is 1.26. The molecule has 0 fully saturated rings. The van der Waals surface area contributed by atoms with E-state index in [2.05, 4.69) is 6.92 Å². The molecule has 0 heterocycles. The molecule has 0 aliphatic carbocycles. The van der Waals surface area contributed by atoms with Crippen molar-refractivity contribution in [3.8, 4) is 0 Å². The van der Waals surface area contributed by atoms with Gasteiger partial charge in [0.05, 0.1) is 26.4 Å². The first-order valence-corrected chi connectivity index (χ1v) is 6.50. The molecular weight excluding hydrogens is 220 g/mol. The molecule has 4 nitrogen and oxygen atoms in total. The minimum absolute atomic E-state index is 0.250. The van der Waals surface area contributed by atoms with Crippen molar-refractivity contribution in [2.24, 2.45) is 0 Å². The van der Waals surface area contributed by atoms with Crippen LogP contribution >= 0.6 is 0 Å². The Labute approximate surface area is 105 Å². The van der Waals surface area contributed by atoms with E-state index in [0.29, 0.717) is 39.5 Å². The van der Waals surface area contributed by atoms with Crippen LogP contribution in [0.25, 0.3) is 0 Å². The Morgan fingerprint density at radius 2 is 1.35 bits per heavy atom. The number of Topliss-reactive ketones (excluding diaryl/α,β-unsaturated/α-hetero) is 1. The lowest BCUT2D eigenvalue weighted by Gasteiger charge is -2.06. The van der Waals surface area contributed by atoms with Crippen molar-refractivity contribution >= 4 is 5.78 Å². The lowest BCUT2D eigenvalue weighted by molar-refractivity contribution is -0.117. The van der Waals surface area contributed by atoms with Crippen molar-refractivity contribution in [3.05, 3.63) is 0 Å². The molecule has 0 aliphatic rings. The fraction of sp³-hybridized carbons (Fsp3) is 0.923. The molecule has 0 atom stereocenters. The van der Waals surface area contributed by atoms with Gasteiger partial charge in [0.15, 0.2) is 0 Å². The second kappa shape index (κ2) is 13.6. The zero-order valence-electron chi connectivity index (χ0n) is 11.2. The van der Waals surface area contributed by atoms with Crippen molar-refractivity contribution in [1.29, 1.82) is 0 Å². The molecule has 0 aliphatic heterocycles. The molecule has 0 spiro atoms. The zero-order valence-corrected chi connectivity index (χ0v) is 11.2. The summed E-state index contributed by atoms with van der Waals surface area (Å²) in [5.41, 5.74) is 0. The van der Waals surface area contributed by atoms with Gasteiger partial charge < -0.3 is 19.0 Å². The molecule has 0 aromatic heterocycles. The van der Waals surface area contributed by atoms with Crippen LogP contribution in [0.2, 0.25) is 0 Å². The Kier molecular flexibility index (Phi) is 13.3. The second-order valence-electron chi connectivity index (χ2n) is 4.00. The summed E-state index contributed by atoms with van der Waals surface area (Å²) in [6.45, 7) is 7.74.